The quantitative estimate of drug-likeness (QED) is 0.192. The molecule has 1 amide bonds. The van der Waals surface area contributed by atoms with Gasteiger partial charge in [0.05, 0.1) is 4.91 Å². The number of hydrogen-bond donors (Lipinski definition) is 0. The lowest BCUT2D eigenvalue weighted by Crippen LogP contribution is -2.40. The van der Waals surface area contributed by atoms with Crippen molar-refractivity contribution in [2.75, 3.05) is 24.5 Å². The third-order valence-electron chi connectivity index (χ3n) is 7.17. The van der Waals surface area contributed by atoms with Crippen molar-refractivity contribution in [1.29, 1.82) is 5.26 Å². The van der Waals surface area contributed by atoms with Crippen LogP contribution in [-0.4, -0.2) is 39.3 Å². The molecule has 6 nitrogen and oxygen atoms in total. The van der Waals surface area contributed by atoms with Crippen LogP contribution < -0.4 is 10.5 Å². The maximum absolute atomic E-state index is 13.4. The number of carbonyl (C=O) groups is 1. The summed E-state index contributed by atoms with van der Waals surface area (Å²) in [6.07, 6.45) is 11.5. The van der Waals surface area contributed by atoms with Crippen LogP contribution in [0.2, 0.25) is 0 Å². The van der Waals surface area contributed by atoms with Crippen molar-refractivity contribution in [2.45, 2.75) is 92.0 Å². The van der Waals surface area contributed by atoms with Crippen molar-refractivity contribution in [3.63, 3.8) is 0 Å². The second kappa shape index (κ2) is 13.4. The molecule has 0 N–H and O–H groups in total. The molecule has 3 heterocycles. The number of rotatable bonds is 11. The fourth-order valence-corrected chi connectivity index (χ4v) is 6.38. The van der Waals surface area contributed by atoms with Crippen LogP contribution in [0.25, 0.3) is 6.08 Å². The molecule has 1 atom stereocenters. The van der Waals surface area contributed by atoms with E-state index in [-0.39, 0.29) is 17.0 Å². The van der Waals surface area contributed by atoms with Gasteiger partial charge in [-0.25, -0.2) is 0 Å². The van der Waals surface area contributed by atoms with Crippen LogP contribution in [0.3, 0.4) is 0 Å². The summed E-state index contributed by atoms with van der Waals surface area (Å²) < 4.78 is 2.38. The topological polar surface area (TPSA) is 69.3 Å². The predicted octanol–water partition coefficient (Wildman–Crippen LogP) is 6.24. The molecular weight excluding hydrogens is 488 g/mol. The molecule has 8 heteroatoms. The maximum atomic E-state index is 13.4. The smallest absolute Gasteiger partial charge is 0.270 e. The molecule has 0 bridgehead atoms. The van der Waals surface area contributed by atoms with Crippen LogP contribution in [0.4, 0.5) is 5.82 Å². The Balaban J connectivity index is 2.05. The van der Waals surface area contributed by atoms with E-state index in [9.17, 15) is 14.9 Å². The van der Waals surface area contributed by atoms with Gasteiger partial charge in [0, 0.05) is 31.7 Å². The van der Waals surface area contributed by atoms with Gasteiger partial charge in [0.15, 0.2) is 0 Å². The lowest BCUT2D eigenvalue weighted by Gasteiger charge is -2.36. The number of carbonyl (C=O) groups excluding carboxylic acids is 1. The molecule has 1 aromatic heterocycles. The highest BCUT2D eigenvalue weighted by Gasteiger charge is 2.33. The largest absolute Gasteiger partial charge is 0.357 e. The highest BCUT2D eigenvalue weighted by molar-refractivity contribution is 8.26. The normalized spacial score (nSPS) is 19.4. The van der Waals surface area contributed by atoms with E-state index >= 15 is 0 Å². The molecule has 2 fully saturated rings. The average molecular weight is 529 g/mol. The highest BCUT2D eigenvalue weighted by Crippen LogP contribution is 2.37. The molecule has 0 aliphatic carbocycles. The van der Waals surface area contributed by atoms with Gasteiger partial charge >= 0.3 is 0 Å². The summed E-state index contributed by atoms with van der Waals surface area (Å²) in [4.78, 5) is 31.4. The number of pyridine rings is 1. The van der Waals surface area contributed by atoms with Gasteiger partial charge in [-0.2, -0.15) is 5.26 Å². The van der Waals surface area contributed by atoms with Crippen molar-refractivity contribution in [3.05, 3.63) is 31.9 Å². The first kappa shape index (κ1) is 28.5. The second-order valence-electron chi connectivity index (χ2n) is 10.1. The summed E-state index contributed by atoms with van der Waals surface area (Å²) in [6.45, 7) is 11.3. The number of aromatic nitrogens is 1. The molecule has 2 aliphatic heterocycles. The summed E-state index contributed by atoms with van der Waals surface area (Å²) >= 11 is 6.91. The first-order valence-electron chi connectivity index (χ1n) is 13.5. The summed E-state index contributed by atoms with van der Waals surface area (Å²) in [5, 5.41) is 9.87. The molecule has 1 unspecified atom stereocenters. The number of nitriles is 1. The van der Waals surface area contributed by atoms with Crippen LogP contribution in [0.1, 0.15) is 95.2 Å². The van der Waals surface area contributed by atoms with Gasteiger partial charge in [-0.05, 0) is 50.2 Å². The number of amides is 1. The minimum atomic E-state index is -0.228. The molecule has 196 valence electrons. The first-order valence-corrected chi connectivity index (χ1v) is 14.7. The van der Waals surface area contributed by atoms with Crippen LogP contribution in [0, 0.1) is 24.2 Å². The first-order chi connectivity index (χ1) is 17.3. The number of nitrogens with zero attached hydrogens (tertiary/aromatic N) is 4. The van der Waals surface area contributed by atoms with Gasteiger partial charge in [0.2, 0.25) is 0 Å². The van der Waals surface area contributed by atoms with Gasteiger partial charge in [-0.15, -0.1) is 0 Å². The summed E-state index contributed by atoms with van der Waals surface area (Å²) in [7, 11) is 0. The predicted molar refractivity (Wildman–Crippen MR) is 154 cm³/mol. The fraction of sp³-hybridized carbons (Fsp3) is 0.643. The van der Waals surface area contributed by atoms with E-state index in [1.807, 2.05) is 13.0 Å². The zero-order valence-electron chi connectivity index (χ0n) is 22.3. The van der Waals surface area contributed by atoms with Crippen molar-refractivity contribution in [2.24, 2.45) is 5.92 Å². The van der Waals surface area contributed by atoms with Crippen LogP contribution >= 0.6 is 24.0 Å². The summed E-state index contributed by atoms with van der Waals surface area (Å²) in [5.41, 5.74) is 1.39. The number of hydrogen-bond acceptors (Lipinski definition) is 6. The van der Waals surface area contributed by atoms with E-state index in [1.54, 1.807) is 9.47 Å². The minimum absolute atomic E-state index is 0.0670. The zero-order chi connectivity index (χ0) is 26.2. The molecule has 0 saturated carbocycles. The number of thiocarbonyl (C=S) groups is 1. The van der Waals surface area contributed by atoms with Gasteiger partial charge in [0.25, 0.3) is 11.5 Å². The summed E-state index contributed by atoms with van der Waals surface area (Å²) in [5.74, 6) is 1.30. The van der Waals surface area contributed by atoms with Crippen molar-refractivity contribution < 1.29 is 4.79 Å². The number of unbranched alkanes of at least 4 members (excludes halogenated alkanes) is 5. The molecule has 0 spiro atoms. The Labute approximate surface area is 225 Å². The molecular formula is C28H40N4O2S2. The van der Waals surface area contributed by atoms with Crippen LogP contribution in [0.15, 0.2) is 9.70 Å². The zero-order valence-corrected chi connectivity index (χ0v) is 23.9. The van der Waals surface area contributed by atoms with E-state index < -0.39 is 0 Å². The van der Waals surface area contributed by atoms with E-state index in [1.165, 1.54) is 31.0 Å². The second-order valence-corrected chi connectivity index (χ2v) is 11.8. The van der Waals surface area contributed by atoms with E-state index in [4.69, 9.17) is 12.2 Å². The Morgan fingerprint density at radius 2 is 1.83 bits per heavy atom. The summed E-state index contributed by atoms with van der Waals surface area (Å²) in [6, 6.07) is 2.15. The fourth-order valence-electron chi connectivity index (χ4n) is 5.09. The number of piperidine rings is 1. The highest BCUT2D eigenvalue weighted by atomic mass is 32.2. The lowest BCUT2D eigenvalue weighted by molar-refractivity contribution is -0.122. The molecule has 0 radical (unpaired) electrons. The van der Waals surface area contributed by atoms with Crippen molar-refractivity contribution in [1.82, 2.24) is 9.47 Å². The van der Waals surface area contributed by atoms with Crippen molar-refractivity contribution >= 4 is 46.1 Å². The third kappa shape index (κ3) is 6.41. The van der Waals surface area contributed by atoms with Gasteiger partial charge < -0.3 is 4.90 Å². The van der Waals surface area contributed by atoms with E-state index in [2.05, 4.69) is 31.7 Å². The monoisotopic (exact) mass is 528 g/mol. The number of thioether (sulfide) groups is 1. The Morgan fingerprint density at radius 1 is 1.11 bits per heavy atom. The van der Waals surface area contributed by atoms with E-state index in [0.717, 1.165) is 63.0 Å². The van der Waals surface area contributed by atoms with Gasteiger partial charge in [0.1, 0.15) is 21.8 Å². The molecule has 0 aromatic carbocycles. The molecule has 3 rings (SSSR count). The Morgan fingerprint density at radius 3 is 2.50 bits per heavy atom. The van der Waals surface area contributed by atoms with Crippen molar-refractivity contribution in [3.8, 4) is 6.07 Å². The third-order valence-corrected chi connectivity index (χ3v) is 8.55. The SMILES string of the molecule is CCCCCCCN1C(=O)/C(=C/c2c(C)c(C#N)c(=O)n(CCCC)c2N2CCCC(C)C2)SC1=S. The maximum Gasteiger partial charge on any atom is 0.270 e. The Bertz CT molecular complexity index is 1100. The standard InChI is InChI=1S/C28H40N4O2S2/c1-5-7-9-10-11-16-32-27(34)24(36-28(32)35)17-22-21(4)23(18-29)26(33)31(15-8-6-2)25(22)30-14-12-13-20(3)19-30/h17,20H,5-16,19H2,1-4H3/b24-17-. The lowest BCUT2D eigenvalue weighted by atomic mass is 9.98. The molecule has 2 saturated heterocycles. The minimum Gasteiger partial charge on any atom is -0.357 e. The van der Waals surface area contributed by atoms with Crippen LogP contribution in [-0.2, 0) is 11.3 Å². The van der Waals surface area contributed by atoms with E-state index in [0.29, 0.717) is 33.8 Å². The molecule has 1 aromatic rings. The molecule has 2 aliphatic rings. The average Bonchev–Trinajstić information content (AvgIpc) is 3.12. The Hall–Kier alpha value is -2.11. The van der Waals surface area contributed by atoms with Crippen LogP contribution in [0.5, 0.6) is 0 Å². The van der Waals surface area contributed by atoms with Gasteiger partial charge in [-0.1, -0.05) is 76.9 Å². The Kier molecular flexibility index (Phi) is 10.6. The number of anilines is 1. The molecule has 36 heavy (non-hydrogen) atoms. The van der Waals surface area contributed by atoms with Gasteiger partial charge in [-0.3, -0.25) is 19.1 Å².